The Morgan fingerprint density at radius 3 is 2.36 bits per heavy atom. The highest BCUT2D eigenvalue weighted by molar-refractivity contribution is 7.89. The molecule has 0 fully saturated rings. The lowest BCUT2D eigenvalue weighted by atomic mass is 10.1. The second kappa shape index (κ2) is 8.74. The van der Waals surface area contributed by atoms with E-state index in [2.05, 4.69) is 5.16 Å². The largest absolute Gasteiger partial charge is 0.496 e. The number of hydrogen-bond donors (Lipinski definition) is 0. The van der Waals surface area contributed by atoms with Crippen molar-refractivity contribution in [1.29, 1.82) is 0 Å². The molecule has 154 valence electrons. The number of amides is 1. The van der Waals surface area contributed by atoms with Crippen molar-refractivity contribution in [3.63, 3.8) is 0 Å². The molecule has 1 aromatic heterocycles. The summed E-state index contributed by atoms with van der Waals surface area (Å²) in [5, 5.41) is 3.90. The van der Waals surface area contributed by atoms with E-state index in [1.54, 1.807) is 27.8 Å². The van der Waals surface area contributed by atoms with Crippen LogP contribution in [0.3, 0.4) is 0 Å². The first-order valence-electron chi connectivity index (χ1n) is 9.02. The number of benzene rings is 1. The number of sulfonamides is 1. The highest BCUT2D eigenvalue weighted by atomic mass is 32.2. The molecule has 1 aromatic carbocycles. The molecule has 8 nitrogen and oxygen atoms in total. The second-order valence-electron chi connectivity index (χ2n) is 6.42. The molecule has 0 saturated heterocycles. The Kier molecular flexibility index (Phi) is 6.84. The van der Waals surface area contributed by atoms with Crippen molar-refractivity contribution in [2.75, 3.05) is 27.2 Å². The third-order valence-electron chi connectivity index (χ3n) is 4.67. The number of hydrogen-bond acceptors (Lipinski definition) is 6. The van der Waals surface area contributed by atoms with Crippen LogP contribution in [0.5, 0.6) is 5.75 Å². The molecule has 0 unspecified atom stereocenters. The van der Waals surface area contributed by atoms with Gasteiger partial charge in [0.1, 0.15) is 11.5 Å². The Labute approximate surface area is 166 Å². The van der Waals surface area contributed by atoms with Gasteiger partial charge in [-0.3, -0.25) is 4.79 Å². The van der Waals surface area contributed by atoms with Crippen LogP contribution in [0.1, 0.15) is 41.2 Å². The number of methoxy groups -OCH3 is 1. The number of rotatable bonds is 8. The van der Waals surface area contributed by atoms with Crippen molar-refractivity contribution in [2.24, 2.45) is 0 Å². The van der Waals surface area contributed by atoms with Gasteiger partial charge >= 0.3 is 0 Å². The molecule has 0 saturated carbocycles. The topological polar surface area (TPSA) is 93.0 Å². The number of carbonyl (C=O) groups is 1. The molecular weight excluding hydrogens is 382 g/mol. The van der Waals surface area contributed by atoms with Gasteiger partial charge in [0, 0.05) is 25.7 Å². The van der Waals surface area contributed by atoms with E-state index in [1.165, 1.54) is 34.5 Å². The fourth-order valence-electron chi connectivity index (χ4n) is 2.97. The molecule has 0 spiro atoms. The Balaban J connectivity index is 2.42. The molecule has 0 aliphatic carbocycles. The fourth-order valence-corrected chi connectivity index (χ4v) is 4.45. The van der Waals surface area contributed by atoms with Crippen LogP contribution in [-0.2, 0) is 16.6 Å². The maximum atomic E-state index is 13.0. The molecule has 0 aliphatic rings. The highest BCUT2D eigenvalue weighted by Crippen LogP contribution is 2.26. The molecule has 0 N–H and O–H groups in total. The summed E-state index contributed by atoms with van der Waals surface area (Å²) in [5.41, 5.74) is 1.72. The number of carbonyl (C=O) groups excluding carboxylic acids is 1. The zero-order valence-corrected chi connectivity index (χ0v) is 18.0. The van der Waals surface area contributed by atoms with Gasteiger partial charge < -0.3 is 14.2 Å². The van der Waals surface area contributed by atoms with Crippen LogP contribution in [0, 0.1) is 13.8 Å². The van der Waals surface area contributed by atoms with E-state index in [4.69, 9.17) is 9.26 Å². The van der Waals surface area contributed by atoms with Gasteiger partial charge in [-0.25, -0.2) is 8.42 Å². The molecular formula is C19H27N3O5S. The van der Waals surface area contributed by atoms with E-state index in [1.807, 2.05) is 6.92 Å². The zero-order valence-electron chi connectivity index (χ0n) is 17.1. The summed E-state index contributed by atoms with van der Waals surface area (Å²) in [6, 6.07) is 4.34. The Bertz CT molecular complexity index is 929. The van der Waals surface area contributed by atoms with Crippen LogP contribution in [0.4, 0.5) is 0 Å². The van der Waals surface area contributed by atoms with E-state index < -0.39 is 10.0 Å². The number of aryl methyl sites for hydroxylation is 2. The van der Waals surface area contributed by atoms with Crippen molar-refractivity contribution in [3.8, 4) is 5.75 Å². The summed E-state index contributed by atoms with van der Waals surface area (Å²) in [6.45, 7) is 8.12. The fraction of sp³-hybridized carbons (Fsp3) is 0.474. The van der Waals surface area contributed by atoms with Crippen molar-refractivity contribution < 1.29 is 22.5 Å². The van der Waals surface area contributed by atoms with Gasteiger partial charge in [-0.15, -0.1) is 0 Å². The van der Waals surface area contributed by atoms with Crippen LogP contribution >= 0.6 is 0 Å². The van der Waals surface area contributed by atoms with E-state index in [9.17, 15) is 13.2 Å². The molecule has 28 heavy (non-hydrogen) atoms. The Morgan fingerprint density at radius 1 is 1.21 bits per heavy atom. The normalized spacial score (nSPS) is 11.7. The average Bonchev–Trinajstić information content (AvgIpc) is 2.99. The van der Waals surface area contributed by atoms with E-state index in [0.717, 1.165) is 5.56 Å². The Morgan fingerprint density at radius 2 is 1.86 bits per heavy atom. The lowest BCUT2D eigenvalue weighted by Crippen LogP contribution is -2.31. The van der Waals surface area contributed by atoms with Crippen LogP contribution in [-0.4, -0.2) is 55.9 Å². The SMILES string of the molecule is CCN(CC)S(=O)(=O)c1ccc(OC)c(C(=O)N(C)Cc2c(C)noc2C)c1. The molecule has 2 aromatic rings. The molecule has 1 heterocycles. The quantitative estimate of drug-likeness (QED) is 0.665. The van der Waals surface area contributed by atoms with Gasteiger partial charge in [-0.05, 0) is 32.0 Å². The van der Waals surface area contributed by atoms with Crippen molar-refractivity contribution >= 4 is 15.9 Å². The minimum Gasteiger partial charge on any atom is -0.496 e. The lowest BCUT2D eigenvalue weighted by molar-refractivity contribution is 0.0781. The predicted octanol–water partition coefficient (Wildman–Crippen LogP) is 2.60. The summed E-state index contributed by atoms with van der Waals surface area (Å²) in [4.78, 5) is 14.6. The van der Waals surface area contributed by atoms with Crippen LogP contribution in [0.25, 0.3) is 0 Å². The maximum absolute atomic E-state index is 13.0. The van der Waals surface area contributed by atoms with Crippen molar-refractivity contribution in [3.05, 3.63) is 40.8 Å². The van der Waals surface area contributed by atoms with Crippen molar-refractivity contribution in [1.82, 2.24) is 14.4 Å². The number of nitrogens with zero attached hydrogens (tertiary/aromatic N) is 3. The standard InChI is InChI=1S/C19H27N3O5S/c1-7-22(8-2)28(24,25)15-9-10-18(26-6)16(11-15)19(23)21(5)12-17-13(3)20-27-14(17)4/h9-11H,7-8,12H2,1-6H3. The van der Waals surface area contributed by atoms with Gasteiger partial charge in [0.05, 0.1) is 29.8 Å². The number of aromatic nitrogens is 1. The molecule has 0 bridgehead atoms. The molecule has 9 heteroatoms. The van der Waals surface area contributed by atoms with Gasteiger partial charge in [-0.1, -0.05) is 19.0 Å². The minimum absolute atomic E-state index is 0.0612. The van der Waals surface area contributed by atoms with Crippen LogP contribution < -0.4 is 4.74 Å². The predicted molar refractivity (Wildman–Crippen MR) is 105 cm³/mol. The lowest BCUT2D eigenvalue weighted by Gasteiger charge is -2.21. The van der Waals surface area contributed by atoms with Gasteiger partial charge in [0.25, 0.3) is 5.91 Å². The maximum Gasteiger partial charge on any atom is 0.257 e. The summed E-state index contributed by atoms with van der Waals surface area (Å²) >= 11 is 0. The van der Waals surface area contributed by atoms with Gasteiger partial charge in [0.2, 0.25) is 10.0 Å². The summed E-state index contributed by atoms with van der Waals surface area (Å²) in [5.74, 6) is 0.601. The summed E-state index contributed by atoms with van der Waals surface area (Å²) in [7, 11) is -0.608. The average molecular weight is 410 g/mol. The third kappa shape index (κ3) is 4.20. The minimum atomic E-state index is -3.69. The Hall–Kier alpha value is -2.39. The van der Waals surface area contributed by atoms with Crippen molar-refractivity contribution in [2.45, 2.75) is 39.1 Å². The van der Waals surface area contributed by atoms with E-state index in [-0.39, 0.29) is 22.9 Å². The van der Waals surface area contributed by atoms with Gasteiger partial charge in [-0.2, -0.15) is 4.31 Å². The first-order chi connectivity index (χ1) is 13.2. The molecule has 1 amide bonds. The summed E-state index contributed by atoms with van der Waals surface area (Å²) < 4.78 is 37.4. The van der Waals surface area contributed by atoms with E-state index >= 15 is 0 Å². The second-order valence-corrected chi connectivity index (χ2v) is 8.35. The van der Waals surface area contributed by atoms with Crippen LogP contribution in [0.2, 0.25) is 0 Å². The smallest absolute Gasteiger partial charge is 0.257 e. The van der Waals surface area contributed by atoms with Gasteiger partial charge in [0.15, 0.2) is 0 Å². The summed E-state index contributed by atoms with van der Waals surface area (Å²) in [6.07, 6.45) is 0. The van der Waals surface area contributed by atoms with Crippen LogP contribution in [0.15, 0.2) is 27.6 Å². The van der Waals surface area contributed by atoms with E-state index in [0.29, 0.717) is 30.3 Å². The zero-order chi connectivity index (χ0) is 21.1. The third-order valence-corrected chi connectivity index (χ3v) is 6.71. The first-order valence-corrected chi connectivity index (χ1v) is 10.5. The molecule has 2 rings (SSSR count). The highest BCUT2D eigenvalue weighted by Gasteiger charge is 2.26. The molecule has 0 radical (unpaired) electrons. The molecule has 0 aliphatic heterocycles. The molecule has 0 atom stereocenters. The number of ether oxygens (including phenoxy) is 1. The first kappa shape index (κ1) is 21.9. The monoisotopic (exact) mass is 409 g/mol.